The van der Waals surface area contributed by atoms with Crippen LogP contribution in [0.5, 0.6) is 5.88 Å². The summed E-state index contributed by atoms with van der Waals surface area (Å²) in [6.07, 6.45) is 1.74. The Balaban J connectivity index is 2.01. The molecule has 21 heavy (non-hydrogen) atoms. The molecule has 0 bridgehead atoms. The molecule has 0 saturated heterocycles. The Hall–Kier alpha value is -2.37. The minimum Gasteiger partial charge on any atom is -0.476 e. The third kappa shape index (κ3) is 4.59. The molecule has 0 saturated carbocycles. The van der Waals surface area contributed by atoms with E-state index in [9.17, 15) is 0 Å². The van der Waals surface area contributed by atoms with Crippen molar-refractivity contribution >= 4 is 11.5 Å². The van der Waals surface area contributed by atoms with Crippen molar-refractivity contribution in [1.82, 2.24) is 15.0 Å². The number of anilines is 2. The minimum absolute atomic E-state index is 0.423. The lowest BCUT2D eigenvalue weighted by Gasteiger charge is -2.12. The highest BCUT2D eigenvalue weighted by molar-refractivity contribution is 5.53. The zero-order valence-electron chi connectivity index (χ0n) is 12.6. The fourth-order valence-electron chi connectivity index (χ4n) is 1.70. The molecule has 2 aromatic rings. The van der Waals surface area contributed by atoms with Gasteiger partial charge in [-0.2, -0.15) is 4.98 Å². The van der Waals surface area contributed by atoms with E-state index in [0.717, 1.165) is 11.5 Å². The van der Waals surface area contributed by atoms with Gasteiger partial charge in [0.2, 0.25) is 5.88 Å². The summed E-state index contributed by atoms with van der Waals surface area (Å²) >= 11 is 0. The molecule has 0 aliphatic carbocycles. The third-order valence-electron chi connectivity index (χ3n) is 2.73. The highest BCUT2D eigenvalue weighted by Gasteiger charge is 2.06. The molecule has 0 atom stereocenters. The summed E-state index contributed by atoms with van der Waals surface area (Å²) in [4.78, 5) is 12.8. The zero-order valence-corrected chi connectivity index (χ0v) is 12.6. The Morgan fingerprint density at radius 1 is 1.24 bits per heavy atom. The summed E-state index contributed by atoms with van der Waals surface area (Å²) in [5.41, 5.74) is 7.32. The van der Waals surface area contributed by atoms with Gasteiger partial charge in [-0.3, -0.25) is 0 Å². The standard InChI is InChI=1S/C15H21N5O/c1-10(2)9-21-15-13(16)4-5-14(20-15)18-8-12-6-7-17-11(3)19-12/h4-7,10H,8-9,16H2,1-3H3,(H,18,20). The van der Waals surface area contributed by atoms with Crippen molar-refractivity contribution in [1.29, 1.82) is 0 Å². The molecule has 0 fully saturated rings. The minimum atomic E-state index is 0.423. The lowest BCUT2D eigenvalue weighted by Crippen LogP contribution is -2.09. The average Bonchev–Trinajstić information content (AvgIpc) is 2.45. The molecule has 6 nitrogen and oxygen atoms in total. The molecule has 0 spiro atoms. The topological polar surface area (TPSA) is 86.0 Å². The predicted molar refractivity (Wildman–Crippen MR) is 83.1 cm³/mol. The highest BCUT2D eigenvalue weighted by Crippen LogP contribution is 2.21. The largest absolute Gasteiger partial charge is 0.476 e. The quantitative estimate of drug-likeness (QED) is 0.848. The number of nitrogen functional groups attached to an aromatic ring is 1. The van der Waals surface area contributed by atoms with Gasteiger partial charge >= 0.3 is 0 Å². The van der Waals surface area contributed by atoms with E-state index in [-0.39, 0.29) is 0 Å². The van der Waals surface area contributed by atoms with Crippen LogP contribution in [0.4, 0.5) is 11.5 Å². The van der Waals surface area contributed by atoms with Crippen LogP contribution in [0.1, 0.15) is 25.4 Å². The van der Waals surface area contributed by atoms with Gasteiger partial charge in [0.05, 0.1) is 24.5 Å². The number of nitrogens with two attached hydrogens (primary N) is 1. The zero-order chi connectivity index (χ0) is 15.2. The van der Waals surface area contributed by atoms with Gasteiger partial charge in [0.1, 0.15) is 11.6 Å². The van der Waals surface area contributed by atoms with Gasteiger partial charge in [-0.25, -0.2) is 9.97 Å². The number of nitrogens with zero attached hydrogens (tertiary/aromatic N) is 3. The molecule has 2 aromatic heterocycles. The average molecular weight is 287 g/mol. The molecule has 2 heterocycles. The van der Waals surface area contributed by atoms with Gasteiger partial charge in [0.25, 0.3) is 0 Å². The van der Waals surface area contributed by atoms with Gasteiger partial charge in [-0.05, 0) is 31.0 Å². The summed E-state index contributed by atoms with van der Waals surface area (Å²) in [6.45, 7) is 7.18. The molecular weight excluding hydrogens is 266 g/mol. The molecule has 0 amide bonds. The number of pyridine rings is 1. The van der Waals surface area contributed by atoms with Crippen molar-refractivity contribution in [2.45, 2.75) is 27.3 Å². The second-order valence-electron chi connectivity index (χ2n) is 5.24. The van der Waals surface area contributed by atoms with Crippen molar-refractivity contribution in [2.75, 3.05) is 17.7 Å². The highest BCUT2D eigenvalue weighted by atomic mass is 16.5. The third-order valence-corrected chi connectivity index (χ3v) is 2.73. The van der Waals surface area contributed by atoms with Crippen LogP contribution < -0.4 is 15.8 Å². The maximum atomic E-state index is 5.87. The molecule has 0 unspecified atom stereocenters. The van der Waals surface area contributed by atoms with Crippen LogP contribution >= 0.6 is 0 Å². The summed E-state index contributed by atoms with van der Waals surface area (Å²) in [5, 5.41) is 3.21. The fourth-order valence-corrected chi connectivity index (χ4v) is 1.70. The maximum absolute atomic E-state index is 5.87. The summed E-state index contributed by atoms with van der Waals surface area (Å²) in [7, 11) is 0. The molecule has 0 aromatic carbocycles. The van der Waals surface area contributed by atoms with Crippen LogP contribution in [-0.2, 0) is 6.54 Å². The van der Waals surface area contributed by atoms with E-state index in [0.29, 0.717) is 36.5 Å². The van der Waals surface area contributed by atoms with Gasteiger partial charge in [0.15, 0.2) is 0 Å². The number of hydrogen-bond acceptors (Lipinski definition) is 6. The molecule has 2 rings (SSSR count). The van der Waals surface area contributed by atoms with Crippen LogP contribution in [0, 0.1) is 12.8 Å². The first-order valence-corrected chi connectivity index (χ1v) is 6.96. The van der Waals surface area contributed by atoms with Crippen LogP contribution in [0.15, 0.2) is 24.4 Å². The lowest BCUT2D eigenvalue weighted by atomic mass is 10.2. The Morgan fingerprint density at radius 2 is 2.05 bits per heavy atom. The summed E-state index contributed by atoms with van der Waals surface area (Å²) in [5.74, 6) is 2.35. The maximum Gasteiger partial charge on any atom is 0.239 e. The van der Waals surface area contributed by atoms with E-state index < -0.39 is 0 Å². The second kappa shape index (κ2) is 6.88. The van der Waals surface area contributed by atoms with Crippen molar-refractivity contribution in [3.63, 3.8) is 0 Å². The Bertz CT molecular complexity index is 600. The number of nitrogens with one attached hydrogen (secondary N) is 1. The molecule has 0 radical (unpaired) electrons. The SMILES string of the molecule is Cc1nccc(CNc2ccc(N)c(OCC(C)C)n2)n1. The number of hydrogen-bond donors (Lipinski definition) is 2. The molecule has 112 valence electrons. The fraction of sp³-hybridized carbons (Fsp3) is 0.400. The van der Waals surface area contributed by atoms with Crippen molar-refractivity contribution < 1.29 is 4.74 Å². The van der Waals surface area contributed by atoms with Crippen LogP contribution in [0.3, 0.4) is 0 Å². The lowest BCUT2D eigenvalue weighted by molar-refractivity contribution is 0.263. The Kier molecular flexibility index (Phi) is 4.92. The Morgan fingerprint density at radius 3 is 2.76 bits per heavy atom. The number of rotatable bonds is 6. The number of aromatic nitrogens is 3. The molecular formula is C15H21N5O. The van der Waals surface area contributed by atoms with Crippen LogP contribution in [0.2, 0.25) is 0 Å². The van der Waals surface area contributed by atoms with E-state index in [4.69, 9.17) is 10.5 Å². The van der Waals surface area contributed by atoms with Gasteiger partial charge in [-0.15, -0.1) is 0 Å². The van der Waals surface area contributed by atoms with E-state index in [1.54, 1.807) is 12.3 Å². The van der Waals surface area contributed by atoms with Gasteiger partial charge in [0, 0.05) is 6.20 Å². The smallest absolute Gasteiger partial charge is 0.239 e. The molecule has 0 aliphatic rings. The van der Waals surface area contributed by atoms with Gasteiger partial charge < -0.3 is 15.8 Å². The van der Waals surface area contributed by atoms with Gasteiger partial charge in [-0.1, -0.05) is 13.8 Å². The number of ether oxygens (including phenoxy) is 1. The van der Waals surface area contributed by atoms with Crippen molar-refractivity contribution in [2.24, 2.45) is 5.92 Å². The first kappa shape index (κ1) is 15.0. The molecule has 6 heteroatoms. The number of aryl methyl sites for hydroxylation is 1. The summed E-state index contributed by atoms with van der Waals surface area (Å²) < 4.78 is 5.61. The van der Waals surface area contributed by atoms with Crippen LogP contribution in [0.25, 0.3) is 0 Å². The van der Waals surface area contributed by atoms with Crippen molar-refractivity contribution in [3.8, 4) is 5.88 Å². The molecule has 0 aliphatic heterocycles. The van der Waals surface area contributed by atoms with E-state index in [2.05, 4.69) is 34.1 Å². The van der Waals surface area contributed by atoms with E-state index >= 15 is 0 Å². The monoisotopic (exact) mass is 287 g/mol. The first-order valence-electron chi connectivity index (χ1n) is 6.96. The molecule has 3 N–H and O–H groups in total. The summed E-state index contributed by atoms with van der Waals surface area (Å²) in [6, 6.07) is 5.48. The van der Waals surface area contributed by atoms with Crippen molar-refractivity contribution in [3.05, 3.63) is 35.9 Å². The second-order valence-corrected chi connectivity index (χ2v) is 5.24. The van der Waals surface area contributed by atoms with E-state index in [1.165, 1.54) is 0 Å². The Labute approximate surface area is 124 Å². The van der Waals surface area contributed by atoms with E-state index in [1.807, 2.05) is 19.1 Å². The first-order chi connectivity index (χ1) is 10.0. The normalized spacial score (nSPS) is 10.7. The predicted octanol–water partition coefficient (Wildman–Crippen LogP) is 2.41. The van der Waals surface area contributed by atoms with Crippen LogP contribution in [-0.4, -0.2) is 21.6 Å².